The largest absolute Gasteiger partial charge is 0.381 e. The van der Waals surface area contributed by atoms with Crippen LogP contribution in [0.1, 0.15) is 11.1 Å². The Labute approximate surface area is 132 Å². The maximum Gasteiger partial charge on any atom is 0.0660 e. The van der Waals surface area contributed by atoms with Gasteiger partial charge < -0.3 is 5.32 Å². The molecule has 0 bridgehead atoms. The lowest BCUT2D eigenvalue weighted by Gasteiger charge is -2.10. The third-order valence-electron chi connectivity index (χ3n) is 3.27. The molecule has 2 aromatic carbocycles. The Morgan fingerprint density at radius 3 is 2.76 bits per heavy atom. The number of anilines is 1. The van der Waals surface area contributed by atoms with E-state index in [2.05, 4.69) is 68.8 Å². The molecule has 0 aliphatic carbocycles. The van der Waals surface area contributed by atoms with Crippen molar-refractivity contribution in [2.24, 2.45) is 0 Å². The molecule has 0 spiro atoms. The summed E-state index contributed by atoms with van der Waals surface area (Å²) in [4.78, 5) is 0. The van der Waals surface area contributed by atoms with Crippen LogP contribution in [0.4, 0.5) is 5.69 Å². The zero-order valence-electron chi connectivity index (χ0n) is 11.5. The predicted molar refractivity (Wildman–Crippen MR) is 89.2 cm³/mol. The van der Waals surface area contributed by atoms with Gasteiger partial charge in [0.25, 0.3) is 0 Å². The molecule has 3 rings (SSSR count). The van der Waals surface area contributed by atoms with Gasteiger partial charge in [-0.25, -0.2) is 0 Å². The van der Waals surface area contributed by atoms with Crippen LogP contribution in [0.25, 0.3) is 0 Å². The molecular formula is C17H16BrN3. The van der Waals surface area contributed by atoms with Crippen molar-refractivity contribution in [1.29, 1.82) is 0 Å². The molecule has 1 aromatic heterocycles. The fourth-order valence-electron chi connectivity index (χ4n) is 2.20. The van der Waals surface area contributed by atoms with E-state index in [1.165, 1.54) is 11.1 Å². The minimum Gasteiger partial charge on any atom is -0.381 e. The quantitative estimate of drug-likeness (QED) is 0.749. The molecule has 3 nitrogen and oxygen atoms in total. The summed E-state index contributed by atoms with van der Waals surface area (Å²) in [5, 5.41) is 7.70. The lowest BCUT2D eigenvalue weighted by atomic mass is 10.2. The van der Waals surface area contributed by atoms with E-state index < -0.39 is 0 Å². The predicted octanol–water partition coefficient (Wildman–Crippen LogP) is 4.31. The van der Waals surface area contributed by atoms with E-state index in [4.69, 9.17) is 0 Å². The van der Waals surface area contributed by atoms with E-state index in [1.807, 2.05) is 23.0 Å². The molecule has 106 valence electrons. The average molecular weight is 342 g/mol. The fraction of sp³-hybridized carbons (Fsp3) is 0.118. The highest BCUT2D eigenvalue weighted by molar-refractivity contribution is 9.10. The molecule has 1 N–H and O–H groups in total. The van der Waals surface area contributed by atoms with Crippen molar-refractivity contribution in [3.63, 3.8) is 0 Å². The van der Waals surface area contributed by atoms with Crippen molar-refractivity contribution in [1.82, 2.24) is 9.78 Å². The molecule has 0 fully saturated rings. The maximum atomic E-state index is 4.24. The number of halogens is 1. The molecule has 0 amide bonds. The van der Waals surface area contributed by atoms with Gasteiger partial charge in [0.15, 0.2) is 0 Å². The van der Waals surface area contributed by atoms with Crippen molar-refractivity contribution >= 4 is 21.6 Å². The van der Waals surface area contributed by atoms with E-state index >= 15 is 0 Å². The Balaban J connectivity index is 1.67. The monoisotopic (exact) mass is 341 g/mol. The molecule has 0 aliphatic rings. The zero-order valence-corrected chi connectivity index (χ0v) is 13.1. The van der Waals surface area contributed by atoms with Crippen molar-refractivity contribution < 1.29 is 0 Å². The number of nitrogens with zero attached hydrogens (tertiary/aromatic N) is 2. The van der Waals surface area contributed by atoms with Crippen molar-refractivity contribution in [2.75, 3.05) is 5.32 Å². The molecule has 21 heavy (non-hydrogen) atoms. The first-order valence-corrected chi connectivity index (χ1v) is 7.64. The van der Waals surface area contributed by atoms with Crippen LogP contribution in [-0.4, -0.2) is 9.78 Å². The van der Waals surface area contributed by atoms with Gasteiger partial charge in [0, 0.05) is 29.1 Å². The summed E-state index contributed by atoms with van der Waals surface area (Å²) in [6.07, 6.45) is 3.77. The van der Waals surface area contributed by atoms with Crippen LogP contribution < -0.4 is 5.32 Å². The third-order valence-corrected chi connectivity index (χ3v) is 4.05. The van der Waals surface area contributed by atoms with Gasteiger partial charge in [0.05, 0.1) is 6.54 Å². The Kier molecular flexibility index (Phi) is 4.36. The number of aromatic nitrogens is 2. The second kappa shape index (κ2) is 6.59. The van der Waals surface area contributed by atoms with Gasteiger partial charge in [-0.2, -0.15) is 5.10 Å². The molecule has 0 saturated heterocycles. The number of hydrogen-bond donors (Lipinski definition) is 1. The lowest BCUT2D eigenvalue weighted by Crippen LogP contribution is -2.03. The highest BCUT2D eigenvalue weighted by atomic mass is 79.9. The van der Waals surface area contributed by atoms with E-state index in [1.54, 1.807) is 6.20 Å². The first kappa shape index (κ1) is 13.9. The molecule has 0 saturated carbocycles. The van der Waals surface area contributed by atoms with E-state index in [0.717, 1.165) is 23.2 Å². The lowest BCUT2D eigenvalue weighted by molar-refractivity contribution is 0.687. The Hall–Kier alpha value is -2.07. The molecule has 3 aromatic rings. The van der Waals surface area contributed by atoms with Gasteiger partial charge in [0.2, 0.25) is 0 Å². The highest BCUT2D eigenvalue weighted by Gasteiger charge is 2.00. The van der Waals surface area contributed by atoms with Gasteiger partial charge in [0.1, 0.15) is 0 Å². The summed E-state index contributed by atoms with van der Waals surface area (Å²) in [7, 11) is 0. The maximum absolute atomic E-state index is 4.24. The SMILES string of the molecule is Brc1ccccc1CNc1cccc(Cn2cccn2)c1. The van der Waals surface area contributed by atoms with E-state index in [-0.39, 0.29) is 0 Å². The van der Waals surface area contributed by atoms with Gasteiger partial charge in [-0.15, -0.1) is 0 Å². The number of rotatable bonds is 5. The highest BCUT2D eigenvalue weighted by Crippen LogP contribution is 2.18. The topological polar surface area (TPSA) is 29.9 Å². The van der Waals surface area contributed by atoms with Crippen molar-refractivity contribution in [2.45, 2.75) is 13.1 Å². The number of benzene rings is 2. The number of nitrogens with one attached hydrogen (secondary N) is 1. The van der Waals surface area contributed by atoms with Crippen LogP contribution in [-0.2, 0) is 13.1 Å². The molecule has 0 radical (unpaired) electrons. The summed E-state index contributed by atoms with van der Waals surface area (Å²) in [6, 6.07) is 18.6. The molecule has 0 unspecified atom stereocenters. The summed E-state index contributed by atoms with van der Waals surface area (Å²) in [5.74, 6) is 0. The zero-order chi connectivity index (χ0) is 14.5. The van der Waals surface area contributed by atoms with Gasteiger partial charge in [-0.1, -0.05) is 46.3 Å². The van der Waals surface area contributed by atoms with Gasteiger partial charge >= 0.3 is 0 Å². The van der Waals surface area contributed by atoms with Crippen LogP contribution in [0.15, 0.2) is 71.5 Å². The normalized spacial score (nSPS) is 10.5. The van der Waals surface area contributed by atoms with E-state index in [9.17, 15) is 0 Å². The minimum absolute atomic E-state index is 0.789. The molecule has 4 heteroatoms. The Morgan fingerprint density at radius 2 is 1.95 bits per heavy atom. The average Bonchev–Trinajstić information content (AvgIpc) is 3.00. The second-order valence-electron chi connectivity index (χ2n) is 4.85. The van der Waals surface area contributed by atoms with Crippen molar-refractivity contribution in [3.05, 3.63) is 82.6 Å². The van der Waals surface area contributed by atoms with Crippen LogP contribution in [0, 0.1) is 0 Å². The Morgan fingerprint density at radius 1 is 1.05 bits per heavy atom. The summed E-state index contributed by atoms with van der Waals surface area (Å²) in [5.41, 5.74) is 3.60. The van der Waals surface area contributed by atoms with Crippen LogP contribution in [0.3, 0.4) is 0 Å². The summed E-state index contributed by atoms with van der Waals surface area (Å²) >= 11 is 3.57. The van der Waals surface area contributed by atoms with Gasteiger partial charge in [-0.3, -0.25) is 4.68 Å². The van der Waals surface area contributed by atoms with Crippen LogP contribution >= 0.6 is 15.9 Å². The summed E-state index contributed by atoms with van der Waals surface area (Å²) in [6.45, 7) is 1.59. The first-order valence-electron chi connectivity index (χ1n) is 6.85. The molecular weight excluding hydrogens is 326 g/mol. The van der Waals surface area contributed by atoms with E-state index in [0.29, 0.717) is 0 Å². The third kappa shape index (κ3) is 3.73. The molecule has 1 heterocycles. The molecule has 0 atom stereocenters. The van der Waals surface area contributed by atoms with Crippen LogP contribution in [0.2, 0.25) is 0 Å². The number of hydrogen-bond acceptors (Lipinski definition) is 2. The smallest absolute Gasteiger partial charge is 0.0660 e. The first-order chi connectivity index (χ1) is 10.3. The van der Waals surface area contributed by atoms with Gasteiger partial charge in [-0.05, 0) is 35.4 Å². The standard InChI is InChI=1S/C17H16BrN3/c18-17-8-2-1-6-15(17)12-19-16-7-3-5-14(11-16)13-21-10-4-9-20-21/h1-11,19H,12-13H2. The molecule has 0 aliphatic heterocycles. The minimum atomic E-state index is 0.789. The van der Waals surface area contributed by atoms with Crippen LogP contribution in [0.5, 0.6) is 0 Å². The summed E-state index contributed by atoms with van der Waals surface area (Å²) < 4.78 is 3.05. The van der Waals surface area contributed by atoms with Crippen molar-refractivity contribution in [3.8, 4) is 0 Å². The second-order valence-corrected chi connectivity index (χ2v) is 5.70. The fourth-order valence-corrected chi connectivity index (χ4v) is 2.62. The Bertz CT molecular complexity index is 708.